The molecule has 0 aliphatic carbocycles. The number of hydrogen-bond acceptors (Lipinski definition) is 5. The maximum Gasteiger partial charge on any atom is 0.240 e. The number of amides is 1. The second kappa shape index (κ2) is 4.38. The van der Waals surface area contributed by atoms with Crippen LogP contribution in [0.3, 0.4) is 0 Å². The first-order valence-corrected chi connectivity index (χ1v) is 6.23. The van der Waals surface area contributed by atoms with Crippen LogP contribution < -0.4 is 16.4 Å². The average molecular weight is 257 g/mol. The fourth-order valence-corrected chi connectivity index (χ4v) is 2.60. The summed E-state index contributed by atoms with van der Waals surface area (Å²) in [6, 6.07) is 5.21. The van der Waals surface area contributed by atoms with E-state index in [1.807, 2.05) is 17.0 Å². The van der Waals surface area contributed by atoms with E-state index in [1.54, 1.807) is 6.07 Å². The van der Waals surface area contributed by atoms with E-state index in [2.05, 4.69) is 9.97 Å². The molecule has 1 atom stereocenters. The fourth-order valence-electron chi connectivity index (χ4n) is 2.60. The van der Waals surface area contributed by atoms with Crippen LogP contribution in [0.5, 0.6) is 0 Å². The Morgan fingerprint density at radius 2 is 2.21 bits per heavy atom. The standard InChI is InChI=1S/C13H15N5O/c14-8-3-4-9-10(6-8)16-7-17-13(9)18-5-1-2-11(18)12(15)19/h3-4,6-7,11H,1-2,5,14H2,(H2,15,19). The smallest absolute Gasteiger partial charge is 0.240 e. The molecule has 0 bridgehead atoms. The first-order valence-electron chi connectivity index (χ1n) is 6.23. The molecule has 6 nitrogen and oxygen atoms in total. The molecule has 2 aromatic rings. The van der Waals surface area contributed by atoms with Crippen molar-refractivity contribution in [3.05, 3.63) is 24.5 Å². The van der Waals surface area contributed by atoms with Gasteiger partial charge in [-0.2, -0.15) is 0 Å². The lowest BCUT2D eigenvalue weighted by Crippen LogP contribution is -2.40. The zero-order valence-electron chi connectivity index (χ0n) is 10.4. The second-order valence-electron chi connectivity index (χ2n) is 4.73. The highest BCUT2D eigenvalue weighted by atomic mass is 16.1. The van der Waals surface area contributed by atoms with Crippen molar-refractivity contribution >= 4 is 28.3 Å². The molecule has 1 aromatic heterocycles. The number of anilines is 2. The number of nitrogens with two attached hydrogens (primary N) is 2. The number of aromatic nitrogens is 2. The molecule has 0 radical (unpaired) electrons. The predicted octanol–water partition coefficient (Wildman–Crippen LogP) is 0.666. The average Bonchev–Trinajstić information content (AvgIpc) is 2.86. The Kier molecular flexibility index (Phi) is 2.70. The van der Waals surface area contributed by atoms with Crippen LogP contribution >= 0.6 is 0 Å². The normalized spacial score (nSPS) is 18.9. The van der Waals surface area contributed by atoms with Gasteiger partial charge < -0.3 is 16.4 Å². The molecule has 4 N–H and O–H groups in total. The van der Waals surface area contributed by atoms with Gasteiger partial charge in [-0.3, -0.25) is 4.79 Å². The number of carbonyl (C=O) groups excluding carboxylic acids is 1. The molecule has 2 heterocycles. The van der Waals surface area contributed by atoms with Crippen molar-refractivity contribution in [2.75, 3.05) is 17.2 Å². The van der Waals surface area contributed by atoms with Gasteiger partial charge in [-0.15, -0.1) is 0 Å². The van der Waals surface area contributed by atoms with Crippen molar-refractivity contribution in [2.24, 2.45) is 5.73 Å². The summed E-state index contributed by atoms with van der Waals surface area (Å²) in [5, 5.41) is 0.893. The highest BCUT2D eigenvalue weighted by Crippen LogP contribution is 2.30. The molecular formula is C13H15N5O. The summed E-state index contributed by atoms with van der Waals surface area (Å²) in [5.74, 6) is 0.450. The minimum absolute atomic E-state index is 0.282. The highest BCUT2D eigenvalue weighted by molar-refractivity contribution is 5.94. The Morgan fingerprint density at radius 3 is 3.00 bits per heavy atom. The zero-order chi connectivity index (χ0) is 13.4. The molecule has 1 aromatic carbocycles. The largest absolute Gasteiger partial charge is 0.399 e. The van der Waals surface area contributed by atoms with Crippen LogP contribution in [-0.4, -0.2) is 28.5 Å². The van der Waals surface area contributed by atoms with E-state index >= 15 is 0 Å². The Labute approximate surface area is 110 Å². The Bertz CT molecular complexity index is 642. The van der Waals surface area contributed by atoms with Gasteiger partial charge in [0, 0.05) is 17.6 Å². The quantitative estimate of drug-likeness (QED) is 0.770. The van der Waals surface area contributed by atoms with Crippen LogP contribution in [0.1, 0.15) is 12.8 Å². The molecule has 6 heteroatoms. The van der Waals surface area contributed by atoms with Crippen molar-refractivity contribution < 1.29 is 4.79 Å². The Hall–Kier alpha value is -2.37. The van der Waals surface area contributed by atoms with Gasteiger partial charge in [-0.25, -0.2) is 9.97 Å². The molecule has 0 spiro atoms. The summed E-state index contributed by atoms with van der Waals surface area (Å²) < 4.78 is 0. The van der Waals surface area contributed by atoms with Crippen LogP contribution in [0.2, 0.25) is 0 Å². The summed E-state index contributed by atoms with van der Waals surface area (Å²) in [5.41, 5.74) is 12.6. The first-order chi connectivity index (χ1) is 9.16. The minimum Gasteiger partial charge on any atom is -0.399 e. The summed E-state index contributed by atoms with van der Waals surface area (Å²) in [4.78, 5) is 22.0. The van der Waals surface area contributed by atoms with E-state index < -0.39 is 0 Å². The minimum atomic E-state index is -0.306. The molecule has 19 heavy (non-hydrogen) atoms. The Morgan fingerprint density at radius 1 is 1.37 bits per heavy atom. The van der Waals surface area contributed by atoms with Crippen molar-refractivity contribution in [1.29, 1.82) is 0 Å². The number of primary amides is 1. The van der Waals surface area contributed by atoms with Gasteiger partial charge >= 0.3 is 0 Å². The molecular weight excluding hydrogens is 242 g/mol. The van der Waals surface area contributed by atoms with E-state index in [4.69, 9.17) is 11.5 Å². The van der Waals surface area contributed by atoms with Crippen LogP contribution in [0.15, 0.2) is 24.5 Å². The van der Waals surface area contributed by atoms with E-state index in [0.29, 0.717) is 5.69 Å². The lowest BCUT2D eigenvalue weighted by atomic mass is 10.2. The molecule has 0 saturated carbocycles. The maximum atomic E-state index is 11.5. The van der Waals surface area contributed by atoms with Crippen LogP contribution in [0.4, 0.5) is 11.5 Å². The van der Waals surface area contributed by atoms with Crippen molar-refractivity contribution in [2.45, 2.75) is 18.9 Å². The van der Waals surface area contributed by atoms with Gasteiger partial charge in [-0.1, -0.05) is 0 Å². The topological polar surface area (TPSA) is 98.1 Å². The van der Waals surface area contributed by atoms with E-state index in [0.717, 1.165) is 36.1 Å². The van der Waals surface area contributed by atoms with E-state index in [1.165, 1.54) is 6.33 Å². The molecule has 1 aliphatic rings. The van der Waals surface area contributed by atoms with Crippen molar-refractivity contribution in [1.82, 2.24) is 9.97 Å². The number of rotatable bonds is 2. The monoisotopic (exact) mass is 257 g/mol. The van der Waals surface area contributed by atoms with E-state index in [9.17, 15) is 4.79 Å². The van der Waals surface area contributed by atoms with Gasteiger partial charge in [0.2, 0.25) is 5.91 Å². The lowest BCUT2D eigenvalue weighted by molar-refractivity contribution is -0.119. The number of nitrogen functional groups attached to an aromatic ring is 1. The lowest BCUT2D eigenvalue weighted by Gasteiger charge is -2.24. The van der Waals surface area contributed by atoms with Crippen LogP contribution in [0.25, 0.3) is 10.9 Å². The zero-order valence-corrected chi connectivity index (χ0v) is 10.4. The molecule has 1 unspecified atom stereocenters. The van der Waals surface area contributed by atoms with Gasteiger partial charge in [0.15, 0.2) is 0 Å². The summed E-state index contributed by atoms with van der Waals surface area (Å²) in [7, 11) is 0. The van der Waals surface area contributed by atoms with Gasteiger partial charge in [-0.05, 0) is 31.0 Å². The number of nitrogens with zero attached hydrogens (tertiary/aromatic N) is 3. The molecule has 1 fully saturated rings. The third-order valence-corrected chi connectivity index (χ3v) is 3.49. The highest BCUT2D eigenvalue weighted by Gasteiger charge is 2.30. The molecule has 1 aliphatic heterocycles. The third kappa shape index (κ3) is 1.95. The summed E-state index contributed by atoms with van der Waals surface area (Å²) in [6.07, 6.45) is 3.21. The third-order valence-electron chi connectivity index (χ3n) is 3.49. The van der Waals surface area contributed by atoms with E-state index in [-0.39, 0.29) is 11.9 Å². The summed E-state index contributed by atoms with van der Waals surface area (Å²) >= 11 is 0. The summed E-state index contributed by atoms with van der Waals surface area (Å²) in [6.45, 7) is 0.782. The van der Waals surface area contributed by atoms with Crippen molar-refractivity contribution in [3.8, 4) is 0 Å². The maximum absolute atomic E-state index is 11.5. The number of benzene rings is 1. The predicted molar refractivity (Wildman–Crippen MR) is 73.5 cm³/mol. The first kappa shape index (κ1) is 11.7. The number of carbonyl (C=O) groups is 1. The SMILES string of the molecule is NC(=O)C1CCCN1c1ncnc2cc(N)ccc12. The van der Waals surface area contributed by atoms with Crippen molar-refractivity contribution in [3.63, 3.8) is 0 Å². The number of fused-ring (bicyclic) bond motifs is 1. The van der Waals surface area contributed by atoms with Crippen LogP contribution in [0, 0.1) is 0 Å². The van der Waals surface area contributed by atoms with Gasteiger partial charge in [0.05, 0.1) is 5.52 Å². The van der Waals surface area contributed by atoms with Gasteiger partial charge in [0.25, 0.3) is 0 Å². The second-order valence-corrected chi connectivity index (χ2v) is 4.73. The number of hydrogen-bond donors (Lipinski definition) is 2. The fraction of sp³-hybridized carbons (Fsp3) is 0.308. The molecule has 1 amide bonds. The molecule has 3 rings (SSSR count). The molecule has 1 saturated heterocycles. The molecule has 98 valence electrons. The van der Waals surface area contributed by atoms with Crippen LogP contribution in [-0.2, 0) is 4.79 Å². The van der Waals surface area contributed by atoms with Gasteiger partial charge in [0.1, 0.15) is 18.2 Å². The Balaban J connectivity index is 2.12.